The van der Waals surface area contributed by atoms with Gasteiger partial charge in [0.2, 0.25) is 0 Å². The largest absolute Gasteiger partial charge is 0.481 e. The number of rotatable bonds is 7. The van der Waals surface area contributed by atoms with E-state index in [1.165, 1.54) is 0 Å². The van der Waals surface area contributed by atoms with Crippen molar-refractivity contribution in [2.24, 2.45) is 5.92 Å². The number of hydrogen-bond donors (Lipinski definition) is 3. The molecule has 2 atom stereocenters. The number of hydrogen-bond acceptors (Lipinski definition) is 3. The van der Waals surface area contributed by atoms with Crippen LogP contribution >= 0.6 is 0 Å². The highest BCUT2D eigenvalue weighted by molar-refractivity contribution is 5.69. The molecule has 0 aromatic carbocycles. The molecule has 0 aliphatic heterocycles. The standard InChI is InChI=1S/C8H16O2.C4H10O2/c1-3-5-6-7(4-2)8(9)10;1-4(6)2-3-5/h7H,3-6H2,1-2H3,(H,9,10);4-6H,2-3H2,1H3. The van der Waals surface area contributed by atoms with Crippen LogP contribution in [0.15, 0.2) is 0 Å². The van der Waals surface area contributed by atoms with Gasteiger partial charge in [-0.1, -0.05) is 26.7 Å². The minimum atomic E-state index is -0.643. The Morgan fingerprint density at radius 1 is 1.25 bits per heavy atom. The lowest BCUT2D eigenvalue weighted by atomic mass is 10.00. The summed E-state index contributed by atoms with van der Waals surface area (Å²) < 4.78 is 0. The van der Waals surface area contributed by atoms with Crippen molar-refractivity contribution >= 4 is 5.97 Å². The molecule has 98 valence electrons. The highest BCUT2D eigenvalue weighted by Gasteiger charge is 2.12. The lowest BCUT2D eigenvalue weighted by molar-refractivity contribution is -0.142. The van der Waals surface area contributed by atoms with Crippen LogP contribution in [0.2, 0.25) is 0 Å². The van der Waals surface area contributed by atoms with Crippen LogP contribution in [0.4, 0.5) is 0 Å². The zero-order chi connectivity index (χ0) is 13.0. The van der Waals surface area contributed by atoms with Crippen LogP contribution in [0.1, 0.15) is 52.9 Å². The van der Waals surface area contributed by atoms with E-state index >= 15 is 0 Å². The van der Waals surface area contributed by atoms with Crippen molar-refractivity contribution in [1.82, 2.24) is 0 Å². The van der Waals surface area contributed by atoms with E-state index < -0.39 is 5.97 Å². The minimum absolute atomic E-state index is 0.0810. The van der Waals surface area contributed by atoms with E-state index in [-0.39, 0.29) is 18.6 Å². The van der Waals surface area contributed by atoms with Gasteiger partial charge in [-0.25, -0.2) is 0 Å². The Balaban J connectivity index is 0. The smallest absolute Gasteiger partial charge is 0.306 e. The Morgan fingerprint density at radius 3 is 2.00 bits per heavy atom. The maximum Gasteiger partial charge on any atom is 0.306 e. The topological polar surface area (TPSA) is 77.8 Å². The van der Waals surface area contributed by atoms with Crippen LogP contribution in [0.5, 0.6) is 0 Å². The fourth-order valence-electron chi connectivity index (χ4n) is 1.14. The third-order valence-electron chi connectivity index (χ3n) is 2.30. The Bertz CT molecular complexity index is 157. The van der Waals surface area contributed by atoms with E-state index in [4.69, 9.17) is 15.3 Å². The molecule has 0 saturated heterocycles. The van der Waals surface area contributed by atoms with Crippen LogP contribution in [0, 0.1) is 5.92 Å². The molecule has 0 aliphatic carbocycles. The number of unbranched alkanes of at least 4 members (excludes halogenated alkanes) is 1. The highest BCUT2D eigenvalue weighted by Crippen LogP contribution is 2.11. The van der Waals surface area contributed by atoms with Gasteiger partial charge in [-0.15, -0.1) is 0 Å². The Morgan fingerprint density at radius 2 is 1.81 bits per heavy atom. The summed E-state index contributed by atoms with van der Waals surface area (Å²) in [5.41, 5.74) is 0. The zero-order valence-corrected chi connectivity index (χ0v) is 10.6. The molecule has 4 heteroatoms. The third kappa shape index (κ3) is 13.4. The predicted molar refractivity (Wildman–Crippen MR) is 64.3 cm³/mol. The molecule has 16 heavy (non-hydrogen) atoms. The number of aliphatic carboxylic acids is 1. The molecule has 0 amide bonds. The number of carboxylic acids is 1. The molecule has 0 aliphatic rings. The molecule has 4 nitrogen and oxygen atoms in total. The molecular formula is C12H26O4. The maximum atomic E-state index is 10.4. The van der Waals surface area contributed by atoms with Gasteiger partial charge in [-0.05, 0) is 26.2 Å². The number of carboxylic acid groups (broad SMARTS) is 1. The quantitative estimate of drug-likeness (QED) is 0.630. The average Bonchev–Trinajstić information content (AvgIpc) is 2.19. The fraction of sp³-hybridized carbons (Fsp3) is 0.917. The van der Waals surface area contributed by atoms with Crippen molar-refractivity contribution < 1.29 is 20.1 Å². The second-order valence-corrected chi connectivity index (χ2v) is 3.95. The molecule has 0 bridgehead atoms. The molecule has 0 radical (unpaired) electrons. The first-order valence-electron chi connectivity index (χ1n) is 6.01. The lowest BCUT2D eigenvalue weighted by Crippen LogP contribution is -2.11. The first kappa shape index (κ1) is 17.8. The van der Waals surface area contributed by atoms with E-state index in [1.807, 2.05) is 6.92 Å². The number of aliphatic hydroxyl groups excluding tert-OH is 2. The van der Waals surface area contributed by atoms with Gasteiger partial charge in [-0.3, -0.25) is 4.79 Å². The van der Waals surface area contributed by atoms with Crippen LogP contribution in [-0.2, 0) is 4.79 Å². The minimum Gasteiger partial charge on any atom is -0.481 e. The molecule has 0 saturated carbocycles. The summed E-state index contributed by atoms with van der Waals surface area (Å²) >= 11 is 0. The van der Waals surface area contributed by atoms with Crippen molar-refractivity contribution in [2.45, 2.75) is 59.0 Å². The molecule has 0 rings (SSSR count). The first-order chi connectivity index (χ1) is 7.49. The molecule has 0 heterocycles. The Labute approximate surface area is 98.3 Å². The van der Waals surface area contributed by atoms with Gasteiger partial charge in [0.25, 0.3) is 0 Å². The van der Waals surface area contributed by atoms with Crippen molar-refractivity contribution in [1.29, 1.82) is 0 Å². The first-order valence-corrected chi connectivity index (χ1v) is 6.01. The molecule has 0 aromatic heterocycles. The molecule has 0 aromatic rings. The van der Waals surface area contributed by atoms with Crippen LogP contribution < -0.4 is 0 Å². The van der Waals surface area contributed by atoms with Gasteiger partial charge in [0, 0.05) is 6.61 Å². The van der Waals surface area contributed by atoms with Crippen LogP contribution in [0.3, 0.4) is 0 Å². The Kier molecular flexibility index (Phi) is 13.8. The van der Waals surface area contributed by atoms with E-state index in [9.17, 15) is 4.79 Å². The molecular weight excluding hydrogens is 208 g/mol. The monoisotopic (exact) mass is 234 g/mol. The third-order valence-corrected chi connectivity index (χ3v) is 2.30. The van der Waals surface area contributed by atoms with Gasteiger partial charge in [0.05, 0.1) is 12.0 Å². The van der Waals surface area contributed by atoms with Crippen molar-refractivity contribution in [3.05, 3.63) is 0 Å². The predicted octanol–water partition coefficient (Wildman–Crippen LogP) is 2.04. The van der Waals surface area contributed by atoms with Gasteiger partial charge in [0.15, 0.2) is 0 Å². The van der Waals surface area contributed by atoms with Crippen LogP contribution in [-0.4, -0.2) is 34.0 Å². The van der Waals surface area contributed by atoms with Gasteiger partial charge < -0.3 is 15.3 Å². The van der Waals surface area contributed by atoms with E-state index in [2.05, 4.69) is 6.92 Å². The average molecular weight is 234 g/mol. The van der Waals surface area contributed by atoms with E-state index in [0.717, 1.165) is 25.7 Å². The van der Waals surface area contributed by atoms with Gasteiger partial charge in [-0.2, -0.15) is 0 Å². The second-order valence-electron chi connectivity index (χ2n) is 3.95. The summed E-state index contributed by atoms with van der Waals surface area (Å²) in [7, 11) is 0. The number of aliphatic hydroxyl groups is 2. The summed E-state index contributed by atoms with van der Waals surface area (Å²) in [6.07, 6.45) is 3.85. The summed E-state index contributed by atoms with van der Waals surface area (Å²) in [5, 5.41) is 25.1. The zero-order valence-electron chi connectivity index (χ0n) is 10.6. The lowest BCUT2D eigenvalue weighted by Gasteiger charge is -2.06. The van der Waals surface area contributed by atoms with Crippen molar-refractivity contribution in [2.75, 3.05) is 6.61 Å². The molecule has 0 fully saturated rings. The van der Waals surface area contributed by atoms with E-state index in [1.54, 1.807) is 6.92 Å². The second kappa shape index (κ2) is 12.5. The summed E-state index contributed by atoms with van der Waals surface area (Å²) in [6.45, 7) is 5.73. The summed E-state index contributed by atoms with van der Waals surface area (Å²) in [4.78, 5) is 10.4. The maximum absolute atomic E-state index is 10.4. The summed E-state index contributed by atoms with van der Waals surface area (Å²) in [5.74, 6) is -0.754. The van der Waals surface area contributed by atoms with Gasteiger partial charge in [0.1, 0.15) is 0 Å². The molecule has 0 spiro atoms. The fourth-order valence-corrected chi connectivity index (χ4v) is 1.14. The van der Waals surface area contributed by atoms with E-state index in [0.29, 0.717) is 6.42 Å². The van der Waals surface area contributed by atoms with Crippen molar-refractivity contribution in [3.8, 4) is 0 Å². The van der Waals surface area contributed by atoms with Crippen LogP contribution in [0.25, 0.3) is 0 Å². The normalized spacial score (nSPS) is 13.6. The van der Waals surface area contributed by atoms with Crippen molar-refractivity contribution in [3.63, 3.8) is 0 Å². The molecule has 2 unspecified atom stereocenters. The van der Waals surface area contributed by atoms with Gasteiger partial charge >= 0.3 is 5.97 Å². The summed E-state index contributed by atoms with van der Waals surface area (Å²) in [6, 6.07) is 0. The molecule has 3 N–H and O–H groups in total. The Hall–Kier alpha value is -0.610. The highest BCUT2D eigenvalue weighted by atomic mass is 16.4. The SMILES string of the molecule is CC(O)CCO.CCCCC(CC)C(=O)O. The number of carbonyl (C=O) groups is 1.